The van der Waals surface area contributed by atoms with E-state index in [1.807, 2.05) is 12.1 Å². The van der Waals surface area contributed by atoms with E-state index in [1.54, 1.807) is 0 Å². The van der Waals surface area contributed by atoms with E-state index in [1.165, 1.54) is 17.9 Å². The van der Waals surface area contributed by atoms with Gasteiger partial charge >= 0.3 is 0 Å². The summed E-state index contributed by atoms with van der Waals surface area (Å²) in [5.74, 6) is 1.64. The van der Waals surface area contributed by atoms with Crippen LogP contribution in [0.4, 0.5) is 5.69 Å². The fraction of sp³-hybridized carbons (Fsp3) is 0.571. The predicted octanol–water partition coefficient (Wildman–Crippen LogP) is 4.80. The van der Waals surface area contributed by atoms with Crippen molar-refractivity contribution in [2.24, 2.45) is 0 Å². The molecule has 1 nitrogen and oxygen atoms in total. The first kappa shape index (κ1) is 14.4. The van der Waals surface area contributed by atoms with Gasteiger partial charge in [0.25, 0.3) is 0 Å². The highest BCUT2D eigenvalue weighted by Crippen LogP contribution is 2.33. The van der Waals surface area contributed by atoms with Gasteiger partial charge in [0.15, 0.2) is 0 Å². The van der Waals surface area contributed by atoms with Gasteiger partial charge in [-0.25, -0.2) is 0 Å². The van der Waals surface area contributed by atoms with Crippen LogP contribution in [-0.4, -0.2) is 23.6 Å². The van der Waals surface area contributed by atoms with E-state index in [0.29, 0.717) is 10.6 Å². The third kappa shape index (κ3) is 3.49. The van der Waals surface area contributed by atoms with Crippen LogP contribution in [0.1, 0.15) is 25.8 Å². The molecule has 0 aliphatic carbocycles. The van der Waals surface area contributed by atoms with Crippen LogP contribution in [0.3, 0.4) is 0 Å². The molecule has 1 aliphatic rings. The topological polar surface area (TPSA) is 3.24 Å². The summed E-state index contributed by atoms with van der Waals surface area (Å²) in [5.41, 5.74) is 2.22. The fourth-order valence-electron chi connectivity index (χ4n) is 2.12. The van der Waals surface area contributed by atoms with E-state index in [2.05, 4.69) is 36.6 Å². The maximum absolute atomic E-state index is 6.23. The van der Waals surface area contributed by atoms with Crippen molar-refractivity contribution in [1.29, 1.82) is 0 Å². The fourth-order valence-corrected chi connectivity index (χ4v) is 3.76. The van der Waals surface area contributed by atoms with Crippen molar-refractivity contribution in [1.82, 2.24) is 0 Å². The molecule has 1 aliphatic heterocycles. The zero-order valence-electron chi connectivity index (χ0n) is 10.9. The quantitative estimate of drug-likeness (QED) is 0.722. The number of halogens is 2. The Hall–Kier alpha value is -0.0500. The Bertz CT molecular complexity index is 420. The van der Waals surface area contributed by atoms with Crippen molar-refractivity contribution in [2.45, 2.75) is 30.9 Å². The Labute approximate surface area is 124 Å². The zero-order chi connectivity index (χ0) is 13.2. The number of thioether (sulfide) groups is 1. The molecule has 1 heterocycles. The molecule has 0 bridgehead atoms. The smallest absolute Gasteiger partial charge is 0.0488 e. The van der Waals surface area contributed by atoms with Crippen molar-refractivity contribution in [3.05, 3.63) is 28.8 Å². The molecular formula is C14H19Cl2NS. The number of rotatable bonds is 2. The van der Waals surface area contributed by atoms with E-state index >= 15 is 0 Å². The number of nitrogens with zero attached hydrogens (tertiary/aromatic N) is 1. The predicted molar refractivity (Wildman–Crippen MR) is 84.4 cm³/mol. The van der Waals surface area contributed by atoms with E-state index in [0.717, 1.165) is 23.7 Å². The van der Waals surface area contributed by atoms with Gasteiger partial charge in [-0.05, 0) is 24.1 Å². The molecule has 4 heteroatoms. The third-order valence-electron chi connectivity index (χ3n) is 3.38. The normalized spacial score (nSPS) is 19.7. The van der Waals surface area contributed by atoms with Crippen LogP contribution in [0, 0.1) is 0 Å². The number of benzene rings is 1. The Morgan fingerprint density at radius 3 is 2.78 bits per heavy atom. The van der Waals surface area contributed by atoms with Gasteiger partial charge in [-0.3, -0.25) is 0 Å². The van der Waals surface area contributed by atoms with Gasteiger partial charge in [-0.2, -0.15) is 11.8 Å². The average Bonchev–Trinajstić information content (AvgIpc) is 2.50. The second-order valence-electron chi connectivity index (χ2n) is 5.25. The molecule has 18 heavy (non-hydrogen) atoms. The van der Waals surface area contributed by atoms with Gasteiger partial charge in [0.05, 0.1) is 0 Å². The summed E-state index contributed by atoms with van der Waals surface area (Å²) >= 11 is 14.1. The molecule has 0 saturated carbocycles. The highest BCUT2D eigenvalue weighted by Gasteiger charge is 2.23. The lowest BCUT2D eigenvalue weighted by Gasteiger charge is -2.24. The third-order valence-corrected chi connectivity index (χ3v) is 5.40. The molecule has 1 fully saturated rings. The Morgan fingerprint density at radius 2 is 2.11 bits per heavy atom. The van der Waals surface area contributed by atoms with Crippen molar-refractivity contribution < 1.29 is 0 Å². The lowest BCUT2D eigenvalue weighted by atomic mass is 10.1. The van der Waals surface area contributed by atoms with Crippen LogP contribution in [0.2, 0.25) is 5.02 Å². The molecule has 0 N–H and O–H groups in total. The van der Waals surface area contributed by atoms with Crippen molar-refractivity contribution in [3.8, 4) is 0 Å². The van der Waals surface area contributed by atoms with Crippen molar-refractivity contribution in [3.63, 3.8) is 0 Å². The molecule has 0 aromatic heterocycles. The maximum Gasteiger partial charge on any atom is 0.0488 e. The number of alkyl halides is 1. The molecule has 2 rings (SSSR count). The first-order valence-electron chi connectivity index (χ1n) is 6.25. The minimum atomic E-state index is 0.384. The standard InChI is InChI=1S/C14H19Cl2NS/c1-14(2)5-6-17(7-8-18-14)12-4-3-11(10-15)13(16)9-12/h3-4,9H,5-8,10H2,1-2H3. The summed E-state index contributed by atoms with van der Waals surface area (Å²) < 4.78 is 0.384. The summed E-state index contributed by atoms with van der Waals surface area (Å²) in [4.78, 5) is 2.42. The van der Waals surface area contributed by atoms with Crippen molar-refractivity contribution in [2.75, 3.05) is 23.7 Å². The SMILES string of the molecule is CC1(C)CCN(c2ccc(CCl)c(Cl)c2)CCS1. The van der Waals surface area contributed by atoms with Gasteiger partial charge in [0.2, 0.25) is 0 Å². The molecule has 0 atom stereocenters. The van der Waals surface area contributed by atoms with Crippen LogP contribution in [0.5, 0.6) is 0 Å². The van der Waals surface area contributed by atoms with Gasteiger partial charge in [0.1, 0.15) is 0 Å². The van der Waals surface area contributed by atoms with Crippen LogP contribution >= 0.6 is 35.0 Å². The number of anilines is 1. The molecule has 0 radical (unpaired) electrons. The van der Waals surface area contributed by atoms with E-state index in [-0.39, 0.29) is 0 Å². The highest BCUT2D eigenvalue weighted by atomic mass is 35.5. The lowest BCUT2D eigenvalue weighted by molar-refractivity contribution is 0.638. The second-order valence-corrected chi connectivity index (χ2v) is 7.73. The first-order chi connectivity index (χ1) is 8.52. The molecule has 1 aromatic rings. The molecular weight excluding hydrogens is 285 g/mol. The number of hydrogen-bond acceptors (Lipinski definition) is 2. The van der Waals surface area contributed by atoms with Gasteiger partial charge in [-0.15, -0.1) is 11.6 Å². The Morgan fingerprint density at radius 1 is 1.33 bits per heavy atom. The molecule has 1 aromatic carbocycles. The van der Waals surface area contributed by atoms with E-state index in [4.69, 9.17) is 23.2 Å². The largest absolute Gasteiger partial charge is 0.371 e. The minimum absolute atomic E-state index is 0.384. The first-order valence-corrected chi connectivity index (χ1v) is 8.15. The maximum atomic E-state index is 6.23. The molecule has 1 saturated heterocycles. The average molecular weight is 304 g/mol. The molecule has 0 amide bonds. The monoisotopic (exact) mass is 303 g/mol. The van der Waals surface area contributed by atoms with Crippen LogP contribution < -0.4 is 4.90 Å². The summed E-state index contributed by atoms with van der Waals surface area (Å²) in [5, 5.41) is 0.777. The number of hydrogen-bond donors (Lipinski definition) is 0. The minimum Gasteiger partial charge on any atom is -0.371 e. The van der Waals surface area contributed by atoms with Gasteiger partial charge in [0, 0.05) is 40.2 Å². The molecule has 100 valence electrons. The van der Waals surface area contributed by atoms with Crippen LogP contribution in [0.25, 0.3) is 0 Å². The summed E-state index contributed by atoms with van der Waals surface area (Å²) in [6.45, 7) is 6.83. The second kappa shape index (κ2) is 5.94. The summed E-state index contributed by atoms with van der Waals surface area (Å²) in [6, 6.07) is 6.21. The zero-order valence-corrected chi connectivity index (χ0v) is 13.2. The molecule has 0 unspecified atom stereocenters. The highest BCUT2D eigenvalue weighted by molar-refractivity contribution is 8.00. The van der Waals surface area contributed by atoms with Crippen LogP contribution in [-0.2, 0) is 5.88 Å². The molecule has 0 spiro atoms. The van der Waals surface area contributed by atoms with Gasteiger partial charge in [-0.1, -0.05) is 31.5 Å². The lowest BCUT2D eigenvalue weighted by Crippen LogP contribution is -2.26. The Kier molecular flexibility index (Phi) is 4.74. The van der Waals surface area contributed by atoms with E-state index < -0.39 is 0 Å². The summed E-state index contributed by atoms with van der Waals surface area (Å²) in [6.07, 6.45) is 1.20. The summed E-state index contributed by atoms with van der Waals surface area (Å²) in [7, 11) is 0. The van der Waals surface area contributed by atoms with Crippen molar-refractivity contribution >= 4 is 40.7 Å². The van der Waals surface area contributed by atoms with Crippen LogP contribution in [0.15, 0.2) is 18.2 Å². The van der Waals surface area contributed by atoms with E-state index in [9.17, 15) is 0 Å². The Balaban J connectivity index is 2.14. The van der Waals surface area contributed by atoms with Gasteiger partial charge < -0.3 is 4.90 Å².